The molecule has 1 aliphatic rings. The molecule has 0 amide bonds. The lowest BCUT2D eigenvalue weighted by molar-refractivity contribution is -0.133. The van der Waals surface area contributed by atoms with Gasteiger partial charge in [0, 0.05) is 30.5 Å². The first kappa shape index (κ1) is 22.7. The summed E-state index contributed by atoms with van der Waals surface area (Å²) < 4.78 is 19.2. The van der Waals surface area contributed by atoms with Crippen molar-refractivity contribution < 1.29 is 23.8 Å². The maximum absolute atomic E-state index is 13.1. The van der Waals surface area contributed by atoms with Crippen LogP contribution < -0.4 is 4.74 Å². The second kappa shape index (κ2) is 8.95. The summed E-state index contributed by atoms with van der Waals surface area (Å²) in [5, 5.41) is 10.7. The summed E-state index contributed by atoms with van der Waals surface area (Å²) in [5.74, 6) is 0.880. The lowest BCUT2D eigenvalue weighted by atomic mass is 9.88. The molecule has 4 aromatic rings. The molecular weight excluding hydrogens is 445 g/mol. The molecule has 176 valence electrons. The van der Waals surface area contributed by atoms with Crippen LogP contribution in [0.2, 0.25) is 0 Å². The molecule has 1 aliphatic carbocycles. The molecule has 35 heavy (non-hydrogen) atoms. The van der Waals surface area contributed by atoms with E-state index in [4.69, 9.17) is 4.74 Å². The van der Waals surface area contributed by atoms with E-state index in [1.54, 1.807) is 42.6 Å². The van der Waals surface area contributed by atoms with Crippen molar-refractivity contribution in [3.8, 4) is 17.2 Å². The van der Waals surface area contributed by atoms with Gasteiger partial charge in [0.15, 0.2) is 11.6 Å². The van der Waals surface area contributed by atoms with Gasteiger partial charge in [-0.3, -0.25) is 14.6 Å². The quantitative estimate of drug-likeness (QED) is 0.326. The van der Waals surface area contributed by atoms with Gasteiger partial charge in [-0.15, -0.1) is 0 Å². The smallest absolute Gasteiger partial charge is 0.150 e. The van der Waals surface area contributed by atoms with Crippen molar-refractivity contribution in [3.05, 3.63) is 95.4 Å². The Balaban J connectivity index is 1.26. The van der Waals surface area contributed by atoms with Crippen molar-refractivity contribution in [1.82, 2.24) is 4.98 Å². The highest BCUT2D eigenvalue weighted by molar-refractivity contribution is 6.10. The molecule has 1 aromatic heterocycles. The molecule has 1 heterocycles. The topological polar surface area (TPSA) is 76.5 Å². The first-order valence-electron chi connectivity index (χ1n) is 11.5. The van der Waals surface area contributed by atoms with E-state index in [0.717, 1.165) is 16.5 Å². The van der Waals surface area contributed by atoms with Crippen molar-refractivity contribution >= 4 is 22.5 Å². The predicted octanol–water partition coefficient (Wildman–Crippen LogP) is 5.88. The predicted molar refractivity (Wildman–Crippen MR) is 130 cm³/mol. The van der Waals surface area contributed by atoms with E-state index in [0.29, 0.717) is 35.4 Å². The average molecular weight is 470 g/mol. The summed E-state index contributed by atoms with van der Waals surface area (Å²) in [6.07, 6.45) is 3.06. The van der Waals surface area contributed by atoms with Gasteiger partial charge in [-0.25, -0.2) is 4.39 Å². The fraction of sp³-hybridized carbons (Fsp3) is 0.207. The van der Waals surface area contributed by atoms with Crippen molar-refractivity contribution in [2.45, 2.75) is 32.6 Å². The van der Waals surface area contributed by atoms with Crippen molar-refractivity contribution in [1.29, 1.82) is 0 Å². The third-order valence-electron chi connectivity index (χ3n) is 6.63. The first-order chi connectivity index (χ1) is 16.8. The van der Waals surface area contributed by atoms with Gasteiger partial charge in [0.1, 0.15) is 23.1 Å². The van der Waals surface area contributed by atoms with Crippen molar-refractivity contribution in [3.63, 3.8) is 0 Å². The fourth-order valence-electron chi connectivity index (χ4n) is 4.31. The highest BCUT2D eigenvalue weighted by atomic mass is 19.1. The lowest BCUT2D eigenvalue weighted by Crippen LogP contribution is -2.28. The summed E-state index contributed by atoms with van der Waals surface area (Å²) in [7, 11) is 0. The number of Topliss-reactive ketones (excluding diaryl/α,β-unsaturated/α-hetero) is 2. The van der Waals surface area contributed by atoms with Gasteiger partial charge in [0.25, 0.3) is 0 Å². The molecule has 6 heteroatoms. The highest BCUT2D eigenvalue weighted by Gasteiger charge is 2.54. The molecule has 0 radical (unpaired) electrons. The van der Waals surface area contributed by atoms with E-state index in [2.05, 4.69) is 4.98 Å². The van der Waals surface area contributed by atoms with Gasteiger partial charge in [0.2, 0.25) is 0 Å². The van der Waals surface area contributed by atoms with Gasteiger partial charge >= 0.3 is 0 Å². The van der Waals surface area contributed by atoms with Crippen LogP contribution in [0.1, 0.15) is 29.5 Å². The number of pyridine rings is 1. The summed E-state index contributed by atoms with van der Waals surface area (Å²) in [5.41, 5.74) is 1.97. The number of ether oxygens (including phenoxy) is 1. The molecule has 3 aromatic carbocycles. The standard InChI is InChI=1S/C29H24FNO4/c1-18-14-23-24(17-25(18)32)31-13-10-26(23)35-22-8-4-20(5-9-22)16-28(34)29(11-12-29)27(33)15-19-2-6-21(30)7-3-19/h2-10,13-14,17,32H,11-12,15-16H2,1H3. The van der Waals surface area contributed by atoms with Crippen molar-refractivity contribution in [2.75, 3.05) is 0 Å². The number of aromatic hydroxyl groups is 1. The zero-order chi connectivity index (χ0) is 24.6. The first-order valence-corrected chi connectivity index (χ1v) is 11.5. The molecule has 1 saturated carbocycles. The molecule has 0 aliphatic heterocycles. The minimum absolute atomic E-state index is 0.0753. The lowest BCUT2D eigenvalue weighted by Gasteiger charge is -2.14. The van der Waals surface area contributed by atoms with Gasteiger partial charge in [-0.1, -0.05) is 24.3 Å². The molecule has 5 rings (SSSR count). The maximum Gasteiger partial charge on any atom is 0.150 e. The molecule has 1 N–H and O–H groups in total. The van der Waals surface area contributed by atoms with Crippen molar-refractivity contribution in [2.24, 2.45) is 5.41 Å². The Morgan fingerprint density at radius 3 is 2.14 bits per heavy atom. The maximum atomic E-state index is 13.1. The number of fused-ring (bicyclic) bond motifs is 1. The minimum atomic E-state index is -0.914. The van der Waals surface area contributed by atoms with Gasteiger partial charge < -0.3 is 9.84 Å². The number of phenols is 1. The number of carbonyl (C=O) groups is 2. The average Bonchev–Trinajstić information content (AvgIpc) is 3.65. The Hall–Kier alpha value is -4.06. The zero-order valence-corrected chi connectivity index (χ0v) is 19.3. The second-order valence-electron chi connectivity index (χ2n) is 9.12. The number of aromatic nitrogens is 1. The van der Waals surface area contributed by atoms with Crippen LogP contribution >= 0.6 is 0 Å². The highest BCUT2D eigenvalue weighted by Crippen LogP contribution is 2.48. The molecule has 0 saturated heterocycles. The van der Waals surface area contributed by atoms with E-state index in [1.165, 1.54) is 12.1 Å². The molecule has 0 bridgehead atoms. The van der Waals surface area contributed by atoms with E-state index < -0.39 is 5.41 Å². The van der Waals surface area contributed by atoms with Gasteiger partial charge in [-0.05, 0) is 72.9 Å². The normalized spacial score (nSPS) is 14.0. The number of halogens is 1. The van der Waals surface area contributed by atoms with Crippen LogP contribution in [0.3, 0.4) is 0 Å². The minimum Gasteiger partial charge on any atom is -0.508 e. The van der Waals surface area contributed by atoms with E-state index in [-0.39, 0.29) is 36.0 Å². The number of phenolic OH excluding ortho intramolecular Hbond substituents is 1. The van der Waals surface area contributed by atoms with Crippen LogP contribution in [0.25, 0.3) is 10.9 Å². The summed E-state index contributed by atoms with van der Waals surface area (Å²) in [6, 6.07) is 18.3. The molecule has 1 fully saturated rings. The number of ketones is 2. The Morgan fingerprint density at radius 2 is 1.54 bits per heavy atom. The largest absolute Gasteiger partial charge is 0.508 e. The summed E-state index contributed by atoms with van der Waals surface area (Å²) in [6.45, 7) is 1.81. The Labute approximate surface area is 202 Å². The third kappa shape index (κ3) is 4.64. The van der Waals surface area contributed by atoms with Crippen LogP contribution in [0, 0.1) is 18.2 Å². The summed E-state index contributed by atoms with van der Waals surface area (Å²) in [4.78, 5) is 30.2. The zero-order valence-electron chi connectivity index (χ0n) is 19.3. The van der Waals surface area contributed by atoms with E-state index in [9.17, 15) is 19.1 Å². The number of benzene rings is 3. The van der Waals surface area contributed by atoms with E-state index >= 15 is 0 Å². The molecule has 0 unspecified atom stereocenters. The molecule has 0 atom stereocenters. The van der Waals surface area contributed by atoms with Gasteiger partial charge in [0.05, 0.1) is 10.9 Å². The molecular formula is C29H24FNO4. The SMILES string of the molecule is Cc1cc2c(Oc3ccc(CC(=O)C4(C(=O)Cc5ccc(F)cc5)CC4)cc3)ccnc2cc1O. The number of hydrogen-bond acceptors (Lipinski definition) is 5. The molecule has 0 spiro atoms. The third-order valence-corrected chi connectivity index (χ3v) is 6.63. The number of aryl methyl sites for hydroxylation is 1. The number of rotatable bonds is 8. The van der Waals surface area contributed by atoms with Crippen LogP contribution in [0.4, 0.5) is 4.39 Å². The monoisotopic (exact) mass is 469 g/mol. The Kier molecular flexibility index (Phi) is 5.81. The number of carbonyl (C=O) groups excluding carboxylic acids is 2. The second-order valence-corrected chi connectivity index (χ2v) is 9.12. The number of nitrogens with zero attached hydrogens (tertiary/aromatic N) is 1. The molecule has 5 nitrogen and oxygen atoms in total. The fourth-order valence-corrected chi connectivity index (χ4v) is 4.31. The van der Waals surface area contributed by atoms with Crippen LogP contribution in [0.15, 0.2) is 72.9 Å². The van der Waals surface area contributed by atoms with Crippen LogP contribution in [-0.4, -0.2) is 21.7 Å². The summed E-state index contributed by atoms with van der Waals surface area (Å²) >= 11 is 0. The Bertz CT molecular complexity index is 1420. The number of hydrogen-bond donors (Lipinski definition) is 1. The van der Waals surface area contributed by atoms with Crippen LogP contribution in [0.5, 0.6) is 17.2 Å². The Morgan fingerprint density at radius 1 is 0.943 bits per heavy atom. The van der Waals surface area contributed by atoms with Crippen LogP contribution in [-0.2, 0) is 22.4 Å². The van der Waals surface area contributed by atoms with E-state index in [1.807, 2.05) is 25.1 Å². The van der Waals surface area contributed by atoms with Gasteiger partial charge in [-0.2, -0.15) is 0 Å².